The van der Waals surface area contributed by atoms with Gasteiger partial charge in [0.15, 0.2) is 0 Å². The summed E-state index contributed by atoms with van der Waals surface area (Å²) in [5.41, 5.74) is 8.93. The number of allylic oxidation sites excluding steroid dienone is 1. The van der Waals surface area contributed by atoms with Crippen LogP contribution in [0.5, 0.6) is 0 Å². The van der Waals surface area contributed by atoms with E-state index < -0.39 is 11.7 Å². The van der Waals surface area contributed by atoms with Crippen molar-refractivity contribution >= 4 is 29.1 Å². The van der Waals surface area contributed by atoms with Crippen LogP contribution in [0.4, 0.5) is 13.2 Å². The molecule has 0 radical (unpaired) electrons. The molecular weight excluding hydrogens is 397 g/mol. The van der Waals surface area contributed by atoms with Crippen molar-refractivity contribution in [3.05, 3.63) is 82.6 Å². The van der Waals surface area contributed by atoms with Gasteiger partial charge in [0.2, 0.25) is 0 Å². The lowest BCUT2D eigenvalue weighted by atomic mass is 10.0. The molecule has 0 atom stereocenters. The van der Waals surface area contributed by atoms with E-state index in [0.717, 1.165) is 16.5 Å². The quantitative estimate of drug-likeness (QED) is 0.555. The van der Waals surface area contributed by atoms with Gasteiger partial charge >= 0.3 is 6.18 Å². The minimum absolute atomic E-state index is 0.192. The van der Waals surface area contributed by atoms with Crippen molar-refractivity contribution in [1.82, 2.24) is 0 Å². The topological polar surface area (TPSA) is 58.6 Å². The molecule has 0 aliphatic rings. The third-order valence-corrected chi connectivity index (χ3v) is 5.57. The highest BCUT2D eigenvalue weighted by Gasteiger charge is 2.30. The number of hydrogen-bond donors (Lipinski definition) is 2. The van der Waals surface area contributed by atoms with Gasteiger partial charge in [-0.05, 0) is 48.9 Å². The maximum atomic E-state index is 12.9. The number of aliphatic imine (C=N–C) groups is 1. The highest BCUT2D eigenvalue weighted by molar-refractivity contribution is 8.08. The van der Waals surface area contributed by atoms with Crippen molar-refractivity contribution in [3.8, 4) is 0 Å². The highest BCUT2D eigenvalue weighted by Crippen LogP contribution is 2.34. The Morgan fingerprint density at radius 1 is 1.21 bits per heavy atom. The number of aliphatic hydroxyl groups is 1. The van der Waals surface area contributed by atoms with E-state index in [-0.39, 0.29) is 6.61 Å². The maximum absolute atomic E-state index is 12.9. The summed E-state index contributed by atoms with van der Waals surface area (Å²) in [7, 11) is 0. The Hall–Kier alpha value is -2.51. The number of halogens is 3. The molecule has 0 bridgehead atoms. The number of benzene rings is 2. The molecule has 3 nitrogen and oxygen atoms in total. The maximum Gasteiger partial charge on any atom is 0.416 e. The molecule has 0 aromatic heterocycles. The molecule has 154 valence electrons. The lowest BCUT2D eigenvalue weighted by Crippen LogP contribution is -2.05. The summed E-state index contributed by atoms with van der Waals surface area (Å²) >= 11 is 1.48. The van der Waals surface area contributed by atoms with E-state index in [1.54, 1.807) is 12.1 Å². The molecule has 0 amide bonds. The van der Waals surface area contributed by atoms with Gasteiger partial charge in [0, 0.05) is 21.9 Å². The molecule has 0 aliphatic heterocycles. The third-order valence-electron chi connectivity index (χ3n) is 4.34. The Bertz CT molecular complexity index is 936. The zero-order valence-corrected chi connectivity index (χ0v) is 16.9. The van der Waals surface area contributed by atoms with Crippen molar-refractivity contribution in [1.29, 1.82) is 0 Å². The molecule has 7 heteroatoms. The van der Waals surface area contributed by atoms with E-state index in [0.29, 0.717) is 40.3 Å². The summed E-state index contributed by atoms with van der Waals surface area (Å²) in [4.78, 5) is 4.85. The average Bonchev–Trinajstić information content (AvgIpc) is 2.69. The largest absolute Gasteiger partial charge is 0.416 e. The molecule has 3 N–H and O–H groups in total. The van der Waals surface area contributed by atoms with Crippen LogP contribution in [0.2, 0.25) is 0 Å². The molecule has 29 heavy (non-hydrogen) atoms. The van der Waals surface area contributed by atoms with Crippen molar-refractivity contribution in [3.63, 3.8) is 0 Å². The number of nitrogens with zero attached hydrogens (tertiary/aromatic N) is 1. The molecule has 0 saturated carbocycles. The standard InChI is InChI=1S/C22H23F3N2OS/c1-14(26)20-8-7-17(12-18(20)13-28)21(15(2)27-3)29-10-9-16-5-4-6-19(11-16)22(23,24)25/h4-8,11-12,28H,1,3,9-10,13,26H2,2H3/b21-15-. The minimum Gasteiger partial charge on any atom is -0.399 e. The van der Waals surface area contributed by atoms with Gasteiger partial charge < -0.3 is 10.8 Å². The summed E-state index contributed by atoms with van der Waals surface area (Å²) < 4.78 is 38.7. The average molecular weight is 421 g/mol. The zero-order valence-electron chi connectivity index (χ0n) is 16.1. The molecular formula is C22H23F3N2OS. The molecule has 0 spiro atoms. The van der Waals surface area contributed by atoms with E-state index in [1.165, 1.54) is 23.9 Å². The first-order valence-electron chi connectivity index (χ1n) is 8.82. The predicted molar refractivity (Wildman–Crippen MR) is 115 cm³/mol. The molecule has 2 aromatic rings. The van der Waals surface area contributed by atoms with Crippen molar-refractivity contribution in [2.24, 2.45) is 10.7 Å². The molecule has 2 aromatic carbocycles. The van der Waals surface area contributed by atoms with E-state index >= 15 is 0 Å². The van der Waals surface area contributed by atoms with Gasteiger partial charge in [-0.1, -0.05) is 36.9 Å². The Kier molecular flexibility index (Phi) is 7.70. The Labute approximate surface area is 172 Å². The molecule has 0 heterocycles. The van der Waals surface area contributed by atoms with E-state index in [9.17, 15) is 18.3 Å². The zero-order chi connectivity index (χ0) is 21.6. The van der Waals surface area contributed by atoms with Crippen molar-refractivity contribution in [2.75, 3.05) is 5.75 Å². The van der Waals surface area contributed by atoms with Crippen LogP contribution >= 0.6 is 11.8 Å². The molecule has 0 unspecified atom stereocenters. The monoisotopic (exact) mass is 420 g/mol. The van der Waals surface area contributed by atoms with E-state index in [1.807, 2.05) is 19.1 Å². The van der Waals surface area contributed by atoms with Crippen molar-refractivity contribution in [2.45, 2.75) is 26.1 Å². The van der Waals surface area contributed by atoms with Crippen LogP contribution in [-0.4, -0.2) is 17.6 Å². The molecule has 0 fully saturated rings. The predicted octanol–water partition coefficient (Wildman–Crippen LogP) is 5.49. The fourth-order valence-electron chi connectivity index (χ4n) is 2.82. The van der Waals surface area contributed by atoms with Crippen LogP contribution in [0.3, 0.4) is 0 Å². The lowest BCUT2D eigenvalue weighted by molar-refractivity contribution is -0.137. The number of nitrogens with two attached hydrogens (primary N) is 1. The second-order valence-corrected chi connectivity index (χ2v) is 7.53. The second kappa shape index (κ2) is 9.80. The van der Waals surface area contributed by atoms with Gasteiger partial charge in [-0.25, -0.2) is 0 Å². The van der Waals surface area contributed by atoms with E-state index in [2.05, 4.69) is 18.3 Å². The van der Waals surface area contributed by atoms with Gasteiger partial charge in [-0.3, -0.25) is 4.99 Å². The fourth-order valence-corrected chi connectivity index (χ4v) is 3.93. The smallest absolute Gasteiger partial charge is 0.399 e. The second-order valence-electron chi connectivity index (χ2n) is 6.42. The molecule has 0 aliphatic carbocycles. The molecule has 2 rings (SSSR count). The van der Waals surface area contributed by atoms with Gasteiger partial charge in [-0.2, -0.15) is 13.2 Å². The Morgan fingerprint density at radius 2 is 1.93 bits per heavy atom. The number of alkyl halides is 3. The highest BCUT2D eigenvalue weighted by atomic mass is 32.2. The molecule has 0 saturated heterocycles. The SMILES string of the molecule is C=N/C(C)=C(\SCCc1cccc(C(F)(F)F)c1)c1ccc(C(=C)N)c(CO)c1. The number of aliphatic hydroxyl groups excluding tert-OH is 1. The Balaban J connectivity index is 2.22. The van der Waals surface area contributed by atoms with Crippen LogP contribution < -0.4 is 5.73 Å². The van der Waals surface area contributed by atoms with Gasteiger partial charge in [0.1, 0.15) is 0 Å². The van der Waals surface area contributed by atoms with Crippen LogP contribution in [-0.2, 0) is 19.2 Å². The number of hydrogen-bond acceptors (Lipinski definition) is 4. The van der Waals surface area contributed by atoms with Crippen LogP contribution in [0.15, 0.2) is 59.7 Å². The first-order valence-corrected chi connectivity index (χ1v) is 9.81. The van der Waals surface area contributed by atoms with Gasteiger partial charge in [0.05, 0.1) is 17.9 Å². The van der Waals surface area contributed by atoms with Crippen LogP contribution in [0.25, 0.3) is 10.6 Å². The third kappa shape index (κ3) is 5.98. The van der Waals surface area contributed by atoms with Gasteiger partial charge in [0.25, 0.3) is 0 Å². The van der Waals surface area contributed by atoms with Crippen LogP contribution in [0, 0.1) is 0 Å². The van der Waals surface area contributed by atoms with Crippen LogP contribution in [0.1, 0.15) is 34.7 Å². The minimum atomic E-state index is -4.35. The fraction of sp³-hybridized carbons (Fsp3) is 0.227. The van der Waals surface area contributed by atoms with E-state index in [4.69, 9.17) is 5.73 Å². The number of thioether (sulfide) groups is 1. The summed E-state index contributed by atoms with van der Waals surface area (Å²) in [5.74, 6) is 0.559. The lowest BCUT2D eigenvalue weighted by Gasteiger charge is -2.14. The summed E-state index contributed by atoms with van der Waals surface area (Å²) in [6.07, 6.45) is -3.89. The number of rotatable bonds is 8. The first-order chi connectivity index (χ1) is 13.7. The number of aryl methyl sites for hydroxylation is 1. The summed E-state index contributed by atoms with van der Waals surface area (Å²) in [6, 6.07) is 10.8. The Morgan fingerprint density at radius 3 is 2.52 bits per heavy atom. The summed E-state index contributed by atoms with van der Waals surface area (Å²) in [5, 5.41) is 9.64. The van der Waals surface area contributed by atoms with Gasteiger partial charge in [-0.15, -0.1) is 11.8 Å². The first kappa shape index (κ1) is 22.8. The van der Waals surface area contributed by atoms with Crippen molar-refractivity contribution < 1.29 is 18.3 Å². The summed E-state index contributed by atoms with van der Waals surface area (Å²) in [6.45, 7) is 8.90. The normalized spacial score (nSPS) is 12.4.